The summed E-state index contributed by atoms with van der Waals surface area (Å²) >= 11 is 7.07. The van der Waals surface area contributed by atoms with Crippen LogP contribution >= 0.6 is 22.9 Å². The Morgan fingerprint density at radius 3 is 2.70 bits per heavy atom. The van der Waals surface area contributed by atoms with Crippen LogP contribution in [-0.2, 0) is 17.1 Å². The topological polar surface area (TPSA) is 64.0 Å². The monoisotopic (exact) mass is 367 g/mol. The van der Waals surface area contributed by atoms with Crippen LogP contribution in [0.4, 0.5) is 5.69 Å². The van der Waals surface area contributed by atoms with Crippen molar-refractivity contribution >= 4 is 38.6 Å². The zero-order chi connectivity index (χ0) is 16.6. The van der Waals surface area contributed by atoms with E-state index in [1.54, 1.807) is 47.4 Å². The van der Waals surface area contributed by atoms with Gasteiger partial charge in [-0.05, 0) is 42.8 Å². The minimum atomic E-state index is -3.64. The van der Waals surface area contributed by atoms with Crippen molar-refractivity contribution < 1.29 is 8.42 Å². The summed E-state index contributed by atoms with van der Waals surface area (Å²) in [7, 11) is -1.82. The van der Waals surface area contributed by atoms with Crippen LogP contribution in [0.3, 0.4) is 0 Å². The number of hydrogen-bond donors (Lipinski definition) is 1. The number of sulfonamides is 1. The average Bonchev–Trinajstić information content (AvgIpc) is 3.10. The standard InChI is InChI=1S/C15H14ClN3O2S2/c1-10-7-12(16)3-4-13(10)18-23(20,21)15-8-11(9-22-15)14-5-6-17-19(14)2/h3-9,18H,1-2H3. The summed E-state index contributed by atoms with van der Waals surface area (Å²) in [5, 5.41) is 6.47. The molecule has 0 saturated heterocycles. The van der Waals surface area contributed by atoms with Crippen LogP contribution in [0.25, 0.3) is 11.3 Å². The van der Waals surface area contributed by atoms with E-state index in [2.05, 4.69) is 9.82 Å². The van der Waals surface area contributed by atoms with Gasteiger partial charge in [0.25, 0.3) is 10.0 Å². The first kappa shape index (κ1) is 16.0. The van der Waals surface area contributed by atoms with Crippen molar-refractivity contribution in [1.82, 2.24) is 9.78 Å². The second-order valence-electron chi connectivity index (χ2n) is 5.06. The zero-order valence-electron chi connectivity index (χ0n) is 12.4. The molecule has 0 spiro atoms. The van der Waals surface area contributed by atoms with E-state index in [0.717, 1.165) is 16.8 Å². The first-order chi connectivity index (χ1) is 10.9. The van der Waals surface area contributed by atoms with E-state index in [0.29, 0.717) is 10.7 Å². The number of halogens is 1. The van der Waals surface area contributed by atoms with Crippen molar-refractivity contribution in [2.45, 2.75) is 11.1 Å². The lowest BCUT2D eigenvalue weighted by Crippen LogP contribution is -2.12. The number of benzene rings is 1. The summed E-state index contributed by atoms with van der Waals surface area (Å²) in [4.78, 5) is 0. The van der Waals surface area contributed by atoms with Crippen LogP contribution in [0.1, 0.15) is 5.56 Å². The molecule has 0 aliphatic rings. The van der Waals surface area contributed by atoms with Gasteiger partial charge in [-0.1, -0.05) is 11.6 Å². The van der Waals surface area contributed by atoms with E-state index in [9.17, 15) is 8.42 Å². The molecule has 0 saturated carbocycles. The predicted octanol–water partition coefficient (Wildman–Crippen LogP) is 3.91. The largest absolute Gasteiger partial charge is 0.279 e. The molecule has 23 heavy (non-hydrogen) atoms. The van der Waals surface area contributed by atoms with Gasteiger partial charge in [-0.25, -0.2) is 8.42 Å². The van der Waals surface area contributed by atoms with Crippen LogP contribution in [0.15, 0.2) is 46.1 Å². The Kier molecular flexibility index (Phi) is 4.18. The van der Waals surface area contributed by atoms with E-state index in [1.165, 1.54) is 11.3 Å². The Labute approximate surface area is 143 Å². The second-order valence-corrected chi connectivity index (χ2v) is 8.32. The minimum absolute atomic E-state index is 0.253. The summed E-state index contributed by atoms with van der Waals surface area (Å²) in [6, 6.07) is 8.52. The molecule has 0 aliphatic carbocycles. The van der Waals surface area contributed by atoms with Crippen LogP contribution in [0.2, 0.25) is 5.02 Å². The molecule has 0 fully saturated rings. The molecule has 0 aliphatic heterocycles. The van der Waals surface area contributed by atoms with Gasteiger partial charge in [-0.3, -0.25) is 9.40 Å². The van der Waals surface area contributed by atoms with Gasteiger partial charge in [0.2, 0.25) is 0 Å². The number of thiophene rings is 1. The third-order valence-electron chi connectivity index (χ3n) is 3.39. The lowest BCUT2D eigenvalue weighted by Gasteiger charge is -2.09. The van der Waals surface area contributed by atoms with E-state index >= 15 is 0 Å². The molecule has 2 aromatic heterocycles. The summed E-state index contributed by atoms with van der Waals surface area (Å²) in [6.45, 7) is 1.80. The first-order valence-electron chi connectivity index (χ1n) is 6.73. The number of aryl methyl sites for hydroxylation is 2. The minimum Gasteiger partial charge on any atom is -0.279 e. The maximum Gasteiger partial charge on any atom is 0.271 e. The van der Waals surface area contributed by atoms with Gasteiger partial charge in [0.1, 0.15) is 4.21 Å². The van der Waals surface area contributed by atoms with Gasteiger partial charge in [0.15, 0.2) is 0 Å². The number of anilines is 1. The van der Waals surface area contributed by atoms with Crippen LogP contribution in [0, 0.1) is 6.92 Å². The molecule has 120 valence electrons. The van der Waals surface area contributed by atoms with Crippen LogP contribution in [-0.4, -0.2) is 18.2 Å². The third-order valence-corrected chi connectivity index (χ3v) is 6.43. The summed E-state index contributed by atoms with van der Waals surface area (Å²) in [5.74, 6) is 0. The van der Waals surface area contributed by atoms with Crippen LogP contribution < -0.4 is 4.72 Å². The number of rotatable bonds is 4. The quantitative estimate of drug-likeness (QED) is 0.760. The molecular formula is C15H14ClN3O2S2. The lowest BCUT2D eigenvalue weighted by molar-refractivity contribution is 0.603. The maximum absolute atomic E-state index is 12.6. The summed E-state index contributed by atoms with van der Waals surface area (Å²) < 4.78 is 29.7. The average molecular weight is 368 g/mol. The van der Waals surface area contributed by atoms with Gasteiger partial charge >= 0.3 is 0 Å². The smallest absolute Gasteiger partial charge is 0.271 e. The highest BCUT2D eigenvalue weighted by Crippen LogP contribution is 2.30. The number of nitrogens with one attached hydrogen (secondary N) is 1. The molecule has 0 unspecified atom stereocenters. The van der Waals surface area contributed by atoms with Crippen molar-refractivity contribution in [1.29, 1.82) is 0 Å². The van der Waals surface area contributed by atoms with Gasteiger partial charge in [-0.15, -0.1) is 11.3 Å². The fourth-order valence-electron chi connectivity index (χ4n) is 2.19. The van der Waals surface area contributed by atoms with Crippen molar-refractivity contribution in [3.8, 4) is 11.3 Å². The van der Waals surface area contributed by atoms with E-state index in [4.69, 9.17) is 11.6 Å². The molecule has 1 aromatic carbocycles. The van der Waals surface area contributed by atoms with E-state index in [1.807, 2.05) is 13.1 Å². The maximum atomic E-state index is 12.6. The highest BCUT2D eigenvalue weighted by molar-refractivity contribution is 7.94. The van der Waals surface area contributed by atoms with Crippen molar-refractivity contribution in [2.75, 3.05) is 4.72 Å². The molecule has 5 nitrogen and oxygen atoms in total. The molecular weight excluding hydrogens is 354 g/mol. The summed E-state index contributed by atoms with van der Waals surface area (Å²) in [6.07, 6.45) is 1.68. The molecule has 0 amide bonds. The van der Waals surface area contributed by atoms with Crippen molar-refractivity contribution in [3.05, 3.63) is 52.5 Å². The molecule has 0 bridgehead atoms. The Balaban J connectivity index is 1.91. The molecule has 3 rings (SSSR count). The zero-order valence-corrected chi connectivity index (χ0v) is 14.8. The van der Waals surface area contributed by atoms with Crippen molar-refractivity contribution in [3.63, 3.8) is 0 Å². The summed E-state index contributed by atoms with van der Waals surface area (Å²) in [5.41, 5.74) is 2.97. The molecule has 8 heteroatoms. The van der Waals surface area contributed by atoms with Gasteiger partial charge in [0, 0.05) is 29.2 Å². The first-order valence-corrected chi connectivity index (χ1v) is 9.47. The second kappa shape index (κ2) is 5.99. The number of aromatic nitrogens is 2. The fourth-order valence-corrected chi connectivity index (χ4v) is 4.72. The highest BCUT2D eigenvalue weighted by Gasteiger charge is 2.19. The Bertz CT molecular complexity index is 961. The highest BCUT2D eigenvalue weighted by atomic mass is 35.5. The van der Waals surface area contributed by atoms with Crippen molar-refractivity contribution in [2.24, 2.45) is 7.05 Å². The predicted molar refractivity (Wildman–Crippen MR) is 93.5 cm³/mol. The Hall–Kier alpha value is -1.83. The molecule has 2 heterocycles. The number of nitrogens with zero attached hydrogens (tertiary/aromatic N) is 2. The van der Waals surface area contributed by atoms with E-state index in [-0.39, 0.29) is 4.21 Å². The SMILES string of the molecule is Cc1cc(Cl)ccc1NS(=O)(=O)c1cc(-c2ccnn2C)cs1. The lowest BCUT2D eigenvalue weighted by atomic mass is 10.2. The molecule has 3 aromatic rings. The van der Waals surface area contributed by atoms with Gasteiger partial charge in [0.05, 0.1) is 11.4 Å². The van der Waals surface area contributed by atoms with Gasteiger partial charge < -0.3 is 0 Å². The van der Waals surface area contributed by atoms with E-state index < -0.39 is 10.0 Å². The normalized spacial score (nSPS) is 11.6. The molecule has 0 radical (unpaired) electrons. The Morgan fingerprint density at radius 2 is 2.04 bits per heavy atom. The van der Waals surface area contributed by atoms with Crippen LogP contribution in [0.5, 0.6) is 0 Å². The third kappa shape index (κ3) is 3.26. The Morgan fingerprint density at radius 1 is 1.26 bits per heavy atom. The molecule has 0 atom stereocenters. The van der Waals surface area contributed by atoms with Gasteiger partial charge in [-0.2, -0.15) is 5.10 Å². The molecule has 1 N–H and O–H groups in total. The number of hydrogen-bond acceptors (Lipinski definition) is 4. The fraction of sp³-hybridized carbons (Fsp3) is 0.133.